The number of hydrogen-bond acceptors (Lipinski definition) is 6. The Morgan fingerprint density at radius 2 is 1.96 bits per heavy atom. The first-order valence-electron chi connectivity index (χ1n) is 9.10. The second-order valence-electron chi connectivity index (χ2n) is 6.96. The third-order valence-corrected chi connectivity index (χ3v) is 7.16. The Bertz CT molecular complexity index is 1090. The van der Waals surface area contributed by atoms with Gasteiger partial charge in [0.05, 0.1) is 33.4 Å². The summed E-state index contributed by atoms with van der Waals surface area (Å²) in [6, 6.07) is 14.6. The van der Waals surface area contributed by atoms with Crippen LogP contribution in [0.2, 0.25) is 0 Å². The van der Waals surface area contributed by atoms with Crippen molar-refractivity contribution in [1.82, 2.24) is 9.88 Å². The highest BCUT2D eigenvalue weighted by molar-refractivity contribution is 7.90. The van der Waals surface area contributed by atoms with E-state index in [1.165, 1.54) is 6.07 Å². The van der Waals surface area contributed by atoms with E-state index < -0.39 is 9.84 Å². The number of para-hydroxylation sites is 2. The molecule has 1 aromatic heterocycles. The molecule has 0 bridgehead atoms. The number of thiazole rings is 1. The number of sulfone groups is 1. The molecule has 0 radical (unpaired) electrons. The lowest BCUT2D eigenvalue weighted by molar-refractivity contribution is -0.117. The summed E-state index contributed by atoms with van der Waals surface area (Å²) in [4.78, 5) is 19.6. The molecule has 4 rings (SSSR count). The van der Waals surface area contributed by atoms with Gasteiger partial charge >= 0.3 is 0 Å². The average molecular weight is 416 g/mol. The van der Waals surface area contributed by atoms with Gasteiger partial charge in [0.2, 0.25) is 5.91 Å². The fourth-order valence-electron chi connectivity index (χ4n) is 3.60. The van der Waals surface area contributed by atoms with Crippen LogP contribution in [0.1, 0.15) is 23.9 Å². The van der Waals surface area contributed by atoms with Gasteiger partial charge < -0.3 is 5.32 Å². The van der Waals surface area contributed by atoms with E-state index in [9.17, 15) is 13.2 Å². The van der Waals surface area contributed by atoms with E-state index in [4.69, 9.17) is 4.98 Å². The number of fused-ring (bicyclic) bond motifs is 1. The molecular weight excluding hydrogens is 394 g/mol. The summed E-state index contributed by atoms with van der Waals surface area (Å²) < 4.78 is 25.0. The SMILES string of the molecule is CS(=O)(=O)c1ccccc1NC(=O)CN1CCCC1c1nc2ccccc2s1. The van der Waals surface area contributed by atoms with Crippen molar-refractivity contribution in [3.8, 4) is 0 Å². The van der Waals surface area contributed by atoms with E-state index in [2.05, 4.69) is 16.3 Å². The highest BCUT2D eigenvalue weighted by Crippen LogP contribution is 2.36. The zero-order chi connectivity index (χ0) is 19.7. The zero-order valence-electron chi connectivity index (χ0n) is 15.5. The molecule has 8 heteroatoms. The van der Waals surface area contributed by atoms with E-state index in [0.29, 0.717) is 5.69 Å². The van der Waals surface area contributed by atoms with Crippen LogP contribution in [0.3, 0.4) is 0 Å². The van der Waals surface area contributed by atoms with Crippen LogP contribution in [-0.2, 0) is 14.6 Å². The summed E-state index contributed by atoms with van der Waals surface area (Å²) in [5.41, 5.74) is 1.31. The second-order valence-corrected chi connectivity index (χ2v) is 10.0. The van der Waals surface area contributed by atoms with Crippen molar-refractivity contribution in [2.75, 3.05) is 24.7 Å². The number of carbonyl (C=O) groups excluding carboxylic acids is 1. The molecule has 0 spiro atoms. The predicted molar refractivity (Wildman–Crippen MR) is 111 cm³/mol. The zero-order valence-corrected chi connectivity index (χ0v) is 17.1. The number of amides is 1. The maximum absolute atomic E-state index is 12.6. The van der Waals surface area contributed by atoms with Crippen molar-refractivity contribution in [2.24, 2.45) is 0 Å². The molecule has 28 heavy (non-hydrogen) atoms. The summed E-state index contributed by atoms with van der Waals surface area (Å²) in [5, 5.41) is 3.80. The Morgan fingerprint density at radius 1 is 1.21 bits per heavy atom. The number of nitrogens with one attached hydrogen (secondary N) is 1. The molecule has 1 unspecified atom stereocenters. The van der Waals surface area contributed by atoms with E-state index in [-0.39, 0.29) is 23.4 Å². The molecule has 1 aliphatic rings. The van der Waals surface area contributed by atoms with Crippen molar-refractivity contribution < 1.29 is 13.2 Å². The van der Waals surface area contributed by atoms with Crippen LogP contribution >= 0.6 is 11.3 Å². The monoisotopic (exact) mass is 415 g/mol. The van der Waals surface area contributed by atoms with E-state index in [1.54, 1.807) is 29.5 Å². The molecule has 3 aromatic rings. The quantitative estimate of drug-likeness (QED) is 0.690. The predicted octanol–water partition coefficient (Wildman–Crippen LogP) is 3.48. The van der Waals surface area contributed by atoms with Gasteiger partial charge in [0.1, 0.15) is 5.01 Å². The molecule has 1 amide bonds. The van der Waals surface area contributed by atoms with Crippen molar-refractivity contribution in [3.05, 3.63) is 53.5 Å². The van der Waals surface area contributed by atoms with Gasteiger partial charge in [0, 0.05) is 6.26 Å². The molecule has 2 aromatic carbocycles. The maximum atomic E-state index is 12.6. The minimum absolute atomic E-state index is 0.119. The summed E-state index contributed by atoms with van der Waals surface area (Å²) in [6.45, 7) is 1.03. The fourth-order valence-corrected chi connectivity index (χ4v) is 5.58. The van der Waals surface area contributed by atoms with Crippen LogP contribution in [0, 0.1) is 0 Å². The number of aromatic nitrogens is 1. The van der Waals surface area contributed by atoms with Gasteiger partial charge in [-0.2, -0.15) is 0 Å². The van der Waals surface area contributed by atoms with E-state index in [0.717, 1.165) is 40.9 Å². The number of carbonyl (C=O) groups is 1. The Hall–Kier alpha value is -2.29. The van der Waals surface area contributed by atoms with Gasteiger partial charge in [-0.3, -0.25) is 9.69 Å². The second kappa shape index (κ2) is 7.62. The minimum atomic E-state index is -3.41. The Morgan fingerprint density at radius 3 is 2.75 bits per heavy atom. The highest BCUT2D eigenvalue weighted by Gasteiger charge is 2.30. The maximum Gasteiger partial charge on any atom is 0.238 e. The first-order valence-corrected chi connectivity index (χ1v) is 11.8. The number of anilines is 1. The molecule has 1 N–H and O–H groups in total. The van der Waals surface area contributed by atoms with Gasteiger partial charge in [-0.15, -0.1) is 11.3 Å². The van der Waals surface area contributed by atoms with Crippen LogP contribution < -0.4 is 5.32 Å². The molecule has 146 valence electrons. The Labute approximate surface area is 168 Å². The van der Waals surface area contributed by atoms with Crippen LogP contribution in [0.25, 0.3) is 10.2 Å². The van der Waals surface area contributed by atoms with Crippen LogP contribution in [0.5, 0.6) is 0 Å². The van der Waals surface area contributed by atoms with Crippen LogP contribution in [-0.4, -0.2) is 43.6 Å². The number of likely N-dealkylation sites (tertiary alicyclic amines) is 1. The molecule has 0 aliphatic carbocycles. The number of nitrogens with zero attached hydrogens (tertiary/aromatic N) is 2. The molecule has 6 nitrogen and oxygen atoms in total. The van der Waals surface area contributed by atoms with Gasteiger partial charge in [-0.1, -0.05) is 24.3 Å². The number of benzene rings is 2. The molecule has 0 saturated carbocycles. The first kappa shape index (κ1) is 19.0. The molecular formula is C20H21N3O3S2. The molecule has 1 saturated heterocycles. The summed E-state index contributed by atoms with van der Waals surface area (Å²) in [6.07, 6.45) is 3.11. The Balaban J connectivity index is 1.50. The summed E-state index contributed by atoms with van der Waals surface area (Å²) in [7, 11) is -3.41. The largest absolute Gasteiger partial charge is 0.324 e. The lowest BCUT2D eigenvalue weighted by Crippen LogP contribution is -2.33. The van der Waals surface area contributed by atoms with Gasteiger partial charge in [0.15, 0.2) is 9.84 Å². The van der Waals surface area contributed by atoms with Crippen molar-refractivity contribution in [3.63, 3.8) is 0 Å². The summed E-state index contributed by atoms with van der Waals surface area (Å²) in [5.74, 6) is -0.218. The van der Waals surface area contributed by atoms with Crippen molar-refractivity contribution in [1.29, 1.82) is 0 Å². The lowest BCUT2D eigenvalue weighted by Gasteiger charge is -2.22. The number of hydrogen-bond donors (Lipinski definition) is 1. The molecule has 1 aliphatic heterocycles. The van der Waals surface area contributed by atoms with Gasteiger partial charge in [-0.05, 0) is 43.7 Å². The Kier molecular flexibility index (Phi) is 5.18. The van der Waals surface area contributed by atoms with Crippen molar-refractivity contribution >= 4 is 43.0 Å². The van der Waals surface area contributed by atoms with Crippen LogP contribution in [0.4, 0.5) is 5.69 Å². The standard InChI is InChI=1S/C20H21N3O3S2/c1-28(25,26)18-11-5-3-8-15(18)21-19(24)13-23-12-6-9-16(23)20-22-14-7-2-4-10-17(14)27-20/h2-5,7-8,10-11,16H,6,9,12-13H2,1H3,(H,21,24). The van der Waals surface area contributed by atoms with E-state index in [1.807, 2.05) is 18.2 Å². The van der Waals surface area contributed by atoms with Crippen LogP contribution in [0.15, 0.2) is 53.4 Å². The van der Waals surface area contributed by atoms with Gasteiger partial charge in [0.25, 0.3) is 0 Å². The molecule has 1 atom stereocenters. The van der Waals surface area contributed by atoms with Crippen molar-refractivity contribution in [2.45, 2.75) is 23.8 Å². The normalized spacial score (nSPS) is 17.8. The third-order valence-electron chi connectivity index (χ3n) is 4.87. The molecule has 1 fully saturated rings. The topological polar surface area (TPSA) is 79.4 Å². The highest BCUT2D eigenvalue weighted by atomic mass is 32.2. The minimum Gasteiger partial charge on any atom is -0.324 e. The average Bonchev–Trinajstić information content (AvgIpc) is 3.27. The first-order chi connectivity index (χ1) is 13.4. The fraction of sp³-hybridized carbons (Fsp3) is 0.300. The van der Waals surface area contributed by atoms with Gasteiger partial charge in [-0.25, -0.2) is 13.4 Å². The lowest BCUT2D eigenvalue weighted by atomic mass is 10.2. The molecule has 2 heterocycles. The number of rotatable bonds is 5. The third kappa shape index (κ3) is 3.94. The van der Waals surface area contributed by atoms with E-state index >= 15 is 0 Å². The summed E-state index contributed by atoms with van der Waals surface area (Å²) >= 11 is 1.67. The smallest absolute Gasteiger partial charge is 0.238 e.